The molecule has 1 saturated carbocycles. The van der Waals surface area contributed by atoms with Gasteiger partial charge in [-0.3, -0.25) is 0 Å². The van der Waals surface area contributed by atoms with Gasteiger partial charge in [-0.05, 0) is 33.4 Å². The molecule has 20 heavy (non-hydrogen) atoms. The third kappa shape index (κ3) is 3.02. The quantitative estimate of drug-likeness (QED) is 0.854. The maximum atomic E-state index is 6.23. The number of piperazine rings is 1. The van der Waals surface area contributed by atoms with Gasteiger partial charge < -0.3 is 20.1 Å². The zero-order chi connectivity index (χ0) is 14.2. The topological polar surface area (TPSA) is 71.4 Å². The number of hydrogen-bond acceptors (Lipinski definition) is 6. The highest BCUT2D eigenvalue weighted by Gasteiger charge is 2.34. The number of nitrogens with two attached hydrogens (primary N) is 1. The summed E-state index contributed by atoms with van der Waals surface area (Å²) in [6, 6.07) is 0.467. The van der Waals surface area contributed by atoms with E-state index in [1.54, 1.807) is 0 Å². The van der Waals surface area contributed by atoms with Gasteiger partial charge in [-0.25, -0.2) is 0 Å². The van der Waals surface area contributed by atoms with Crippen molar-refractivity contribution in [3.05, 3.63) is 11.7 Å². The van der Waals surface area contributed by atoms with E-state index in [9.17, 15) is 0 Å². The van der Waals surface area contributed by atoms with Crippen LogP contribution >= 0.6 is 0 Å². The Balaban J connectivity index is 1.59. The predicted octanol–water partition coefficient (Wildman–Crippen LogP) is 0.282. The first-order chi connectivity index (χ1) is 9.54. The summed E-state index contributed by atoms with van der Waals surface area (Å²) in [7, 11) is 4.33. The molecule has 1 unspecified atom stereocenters. The van der Waals surface area contributed by atoms with E-state index >= 15 is 0 Å². The minimum atomic E-state index is -0.0916. The lowest BCUT2D eigenvalue weighted by atomic mass is 9.75. The first-order valence-corrected chi connectivity index (χ1v) is 7.53. The second-order valence-corrected chi connectivity index (χ2v) is 6.60. The first-order valence-electron chi connectivity index (χ1n) is 7.53. The van der Waals surface area contributed by atoms with Gasteiger partial charge in [0, 0.05) is 44.1 Å². The zero-order valence-electron chi connectivity index (χ0n) is 12.5. The van der Waals surface area contributed by atoms with Crippen molar-refractivity contribution >= 4 is 0 Å². The number of aromatic nitrogens is 2. The molecule has 2 N–H and O–H groups in total. The van der Waals surface area contributed by atoms with E-state index in [1.807, 2.05) is 0 Å². The summed E-state index contributed by atoms with van der Waals surface area (Å²) in [5.74, 6) is 1.52. The second kappa shape index (κ2) is 5.42. The van der Waals surface area contributed by atoms with Gasteiger partial charge in [-0.1, -0.05) is 5.16 Å². The second-order valence-electron chi connectivity index (χ2n) is 6.60. The van der Waals surface area contributed by atoms with Crippen LogP contribution in [0.1, 0.15) is 31.0 Å². The van der Waals surface area contributed by atoms with Crippen molar-refractivity contribution in [2.45, 2.75) is 43.7 Å². The van der Waals surface area contributed by atoms with Crippen LogP contribution in [0.2, 0.25) is 0 Å². The van der Waals surface area contributed by atoms with Crippen molar-refractivity contribution < 1.29 is 4.52 Å². The molecule has 2 aliphatic rings. The van der Waals surface area contributed by atoms with Crippen molar-refractivity contribution in [3.63, 3.8) is 0 Å². The summed E-state index contributed by atoms with van der Waals surface area (Å²) in [5, 5.41) is 4.13. The fourth-order valence-electron chi connectivity index (χ4n) is 3.09. The molecule has 0 spiro atoms. The Kier molecular flexibility index (Phi) is 3.79. The van der Waals surface area contributed by atoms with Gasteiger partial charge in [-0.15, -0.1) is 0 Å². The lowest BCUT2D eigenvalue weighted by Crippen LogP contribution is -2.50. The smallest absolute Gasteiger partial charge is 0.228 e. The fraction of sp³-hybridized carbons (Fsp3) is 0.857. The van der Waals surface area contributed by atoms with E-state index in [0.29, 0.717) is 11.9 Å². The van der Waals surface area contributed by atoms with E-state index in [2.05, 4.69) is 34.0 Å². The molecule has 2 heterocycles. The summed E-state index contributed by atoms with van der Waals surface area (Å²) >= 11 is 0. The van der Waals surface area contributed by atoms with E-state index in [4.69, 9.17) is 10.3 Å². The van der Waals surface area contributed by atoms with Gasteiger partial charge in [0.2, 0.25) is 5.89 Å². The van der Waals surface area contributed by atoms with Gasteiger partial charge in [0.25, 0.3) is 0 Å². The van der Waals surface area contributed by atoms with Crippen molar-refractivity contribution in [1.82, 2.24) is 19.9 Å². The van der Waals surface area contributed by atoms with E-state index < -0.39 is 0 Å². The van der Waals surface area contributed by atoms with Gasteiger partial charge in [0.1, 0.15) is 0 Å². The minimum absolute atomic E-state index is 0.0916. The molecule has 6 nitrogen and oxygen atoms in total. The summed E-state index contributed by atoms with van der Waals surface area (Å²) < 4.78 is 5.37. The Hall–Kier alpha value is -0.980. The maximum absolute atomic E-state index is 6.23. The molecular weight excluding hydrogens is 254 g/mol. The van der Waals surface area contributed by atoms with Crippen molar-refractivity contribution in [1.29, 1.82) is 0 Å². The average molecular weight is 279 g/mol. The van der Waals surface area contributed by atoms with Crippen LogP contribution in [0, 0.1) is 0 Å². The summed E-state index contributed by atoms with van der Waals surface area (Å²) in [6.07, 6.45) is 4.93. The van der Waals surface area contributed by atoms with Crippen LogP contribution in [0.15, 0.2) is 4.52 Å². The molecular formula is C14H25N5O. The Bertz CT molecular complexity index is 456. The Morgan fingerprint density at radius 2 is 2.15 bits per heavy atom. The van der Waals surface area contributed by atoms with Crippen LogP contribution in [0.4, 0.5) is 0 Å². The van der Waals surface area contributed by atoms with E-state index in [-0.39, 0.29) is 5.54 Å². The molecule has 0 radical (unpaired) electrons. The van der Waals surface area contributed by atoms with E-state index in [1.165, 1.54) is 6.42 Å². The lowest BCUT2D eigenvalue weighted by Gasteiger charge is -2.37. The highest BCUT2D eigenvalue weighted by atomic mass is 16.5. The molecule has 1 aromatic heterocycles. The molecule has 1 aliphatic heterocycles. The van der Waals surface area contributed by atoms with Crippen molar-refractivity contribution in [2.24, 2.45) is 5.73 Å². The van der Waals surface area contributed by atoms with Crippen LogP contribution < -0.4 is 5.73 Å². The number of nitrogens with zero attached hydrogens (tertiary/aromatic N) is 4. The molecule has 1 aliphatic carbocycles. The molecule has 3 rings (SSSR count). The monoisotopic (exact) mass is 279 g/mol. The summed E-state index contributed by atoms with van der Waals surface area (Å²) in [5.41, 5.74) is 6.13. The molecule has 112 valence electrons. The number of hydrogen-bond donors (Lipinski definition) is 1. The van der Waals surface area contributed by atoms with Gasteiger partial charge in [0.15, 0.2) is 5.82 Å². The Labute approximate surface area is 120 Å². The third-order valence-corrected chi connectivity index (χ3v) is 4.76. The molecule has 1 aromatic rings. The number of likely N-dealkylation sites (N-methyl/N-ethyl adjacent to an activating group) is 2. The molecule has 0 amide bonds. The highest BCUT2D eigenvalue weighted by molar-refractivity contribution is 5.01. The van der Waals surface area contributed by atoms with Gasteiger partial charge in [-0.2, -0.15) is 4.98 Å². The molecule has 6 heteroatoms. The fourth-order valence-corrected chi connectivity index (χ4v) is 3.09. The van der Waals surface area contributed by atoms with Crippen LogP contribution in [-0.4, -0.2) is 65.3 Å². The van der Waals surface area contributed by atoms with Crippen molar-refractivity contribution in [3.8, 4) is 0 Å². The van der Waals surface area contributed by atoms with Crippen LogP contribution in [-0.2, 0) is 12.8 Å². The molecule has 2 fully saturated rings. The molecule has 1 atom stereocenters. The SMILES string of the molecule is CN1CCN(C)C(Cc2noc(CC3(N)CCC3)n2)C1. The standard InChI is InChI=1S/C14H25N5O/c1-18-6-7-19(2)11(10-18)8-12-16-13(20-17-12)9-14(15)4-3-5-14/h11H,3-10,15H2,1-2H3. The van der Waals surface area contributed by atoms with Crippen LogP contribution in [0.25, 0.3) is 0 Å². The maximum Gasteiger partial charge on any atom is 0.228 e. The van der Waals surface area contributed by atoms with Crippen LogP contribution in [0.3, 0.4) is 0 Å². The number of rotatable bonds is 4. The molecule has 0 bridgehead atoms. The summed E-state index contributed by atoms with van der Waals surface area (Å²) in [4.78, 5) is 9.27. The Morgan fingerprint density at radius 1 is 1.35 bits per heavy atom. The first kappa shape index (κ1) is 14.0. The molecule has 0 aromatic carbocycles. The van der Waals surface area contributed by atoms with Gasteiger partial charge >= 0.3 is 0 Å². The van der Waals surface area contributed by atoms with Crippen molar-refractivity contribution in [2.75, 3.05) is 33.7 Å². The lowest BCUT2D eigenvalue weighted by molar-refractivity contribution is 0.113. The summed E-state index contributed by atoms with van der Waals surface area (Å²) in [6.45, 7) is 3.28. The molecule has 1 saturated heterocycles. The average Bonchev–Trinajstić information content (AvgIpc) is 2.79. The predicted molar refractivity (Wildman–Crippen MR) is 76.4 cm³/mol. The van der Waals surface area contributed by atoms with Gasteiger partial charge in [0.05, 0.1) is 0 Å². The van der Waals surface area contributed by atoms with Crippen LogP contribution in [0.5, 0.6) is 0 Å². The van der Waals surface area contributed by atoms with E-state index in [0.717, 1.165) is 51.1 Å². The Morgan fingerprint density at radius 3 is 2.85 bits per heavy atom. The highest BCUT2D eigenvalue weighted by Crippen LogP contribution is 2.31. The normalized spacial score (nSPS) is 27.4. The minimum Gasteiger partial charge on any atom is -0.339 e. The zero-order valence-corrected chi connectivity index (χ0v) is 12.5. The third-order valence-electron chi connectivity index (χ3n) is 4.76. The largest absolute Gasteiger partial charge is 0.339 e.